The van der Waals surface area contributed by atoms with Crippen LogP contribution in [0.1, 0.15) is 30.1 Å². The minimum absolute atomic E-state index is 0.00723. The van der Waals surface area contributed by atoms with Crippen LogP contribution in [-0.2, 0) is 0 Å². The van der Waals surface area contributed by atoms with Gasteiger partial charge in [0, 0.05) is 35.5 Å². The van der Waals surface area contributed by atoms with E-state index in [-0.39, 0.29) is 5.91 Å². The molecule has 1 aliphatic rings. The summed E-state index contributed by atoms with van der Waals surface area (Å²) >= 11 is 0. The van der Waals surface area contributed by atoms with E-state index in [2.05, 4.69) is 20.0 Å². The molecule has 0 saturated heterocycles. The van der Waals surface area contributed by atoms with Crippen LogP contribution < -0.4 is 10.6 Å². The fourth-order valence-corrected chi connectivity index (χ4v) is 3.52. The molecule has 1 amide bonds. The van der Waals surface area contributed by atoms with Gasteiger partial charge in [-0.1, -0.05) is 42.5 Å². The van der Waals surface area contributed by atoms with Crippen molar-refractivity contribution in [2.75, 3.05) is 11.9 Å². The number of fused-ring (bicyclic) bond motifs is 1. The zero-order chi connectivity index (χ0) is 20.5. The molecule has 6 nitrogen and oxygen atoms in total. The fraction of sp³-hybridized carbons (Fsp3) is 0.208. The number of nitrogens with one attached hydrogen (secondary N) is 2. The third-order valence-electron chi connectivity index (χ3n) is 5.26. The summed E-state index contributed by atoms with van der Waals surface area (Å²) in [6.45, 7) is 2.80. The summed E-state index contributed by atoms with van der Waals surface area (Å²) in [6.07, 6.45) is 6.03. The molecule has 0 aliphatic heterocycles. The first kappa shape index (κ1) is 18.4. The van der Waals surface area contributed by atoms with Crippen LogP contribution in [0.2, 0.25) is 0 Å². The number of benzene rings is 2. The lowest BCUT2D eigenvalue weighted by atomic mass is 10.1. The van der Waals surface area contributed by atoms with E-state index in [4.69, 9.17) is 4.98 Å². The number of rotatable bonds is 6. The molecule has 0 spiro atoms. The lowest BCUT2D eigenvalue weighted by molar-refractivity contribution is 0.0951. The van der Waals surface area contributed by atoms with Crippen LogP contribution in [0, 0.1) is 0 Å². The molecule has 2 heterocycles. The Kier molecular flexibility index (Phi) is 4.67. The molecule has 5 rings (SSSR count). The van der Waals surface area contributed by atoms with Gasteiger partial charge >= 0.3 is 0 Å². The van der Waals surface area contributed by atoms with Crippen LogP contribution in [0.25, 0.3) is 28.2 Å². The summed E-state index contributed by atoms with van der Waals surface area (Å²) in [4.78, 5) is 21.7. The highest BCUT2D eigenvalue weighted by Crippen LogP contribution is 2.28. The Balaban J connectivity index is 1.55. The van der Waals surface area contributed by atoms with E-state index in [9.17, 15) is 4.79 Å². The molecular formula is C24H23N5O. The van der Waals surface area contributed by atoms with Crippen molar-refractivity contribution in [2.24, 2.45) is 0 Å². The van der Waals surface area contributed by atoms with Crippen LogP contribution in [0.4, 0.5) is 5.82 Å². The molecule has 1 saturated carbocycles. The average molecular weight is 397 g/mol. The second kappa shape index (κ2) is 7.63. The molecule has 1 fully saturated rings. The van der Waals surface area contributed by atoms with E-state index in [1.807, 2.05) is 73.9 Å². The number of carbonyl (C=O) groups is 1. The first-order valence-corrected chi connectivity index (χ1v) is 10.3. The Labute approximate surface area is 175 Å². The monoisotopic (exact) mass is 397 g/mol. The van der Waals surface area contributed by atoms with Crippen molar-refractivity contribution < 1.29 is 4.79 Å². The standard InChI is InChI=1S/C24H23N5O/c1-2-25-22-23-26-14-21(29(23)15-20(28-22)16-6-4-3-5-7-16)17-8-10-18(11-9-17)24(30)27-19-12-13-19/h3-11,14-15,19H,2,12-13H2,1H3,(H,25,28)(H,27,30). The van der Waals surface area contributed by atoms with E-state index >= 15 is 0 Å². The third kappa shape index (κ3) is 3.52. The maximum atomic E-state index is 12.3. The summed E-state index contributed by atoms with van der Waals surface area (Å²) in [7, 11) is 0. The summed E-state index contributed by atoms with van der Waals surface area (Å²) in [5, 5.41) is 6.35. The zero-order valence-electron chi connectivity index (χ0n) is 16.8. The van der Waals surface area contributed by atoms with Gasteiger partial charge in [0.25, 0.3) is 5.91 Å². The van der Waals surface area contributed by atoms with E-state index in [0.717, 1.165) is 53.4 Å². The highest BCUT2D eigenvalue weighted by atomic mass is 16.1. The summed E-state index contributed by atoms with van der Waals surface area (Å²) in [5.74, 6) is 0.748. The molecule has 0 atom stereocenters. The number of amides is 1. The predicted octanol–water partition coefficient (Wildman–Crippen LogP) is 4.39. The van der Waals surface area contributed by atoms with E-state index in [1.54, 1.807) is 0 Å². The van der Waals surface area contributed by atoms with Crippen LogP contribution in [0.5, 0.6) is 0 Å². The van der Waals surface area contributed by atoms with Crippen molar-refractivity contribution in [1.29, 1.82) is 0 Å². The molecule has 0 bridgehead atoms. The van der Waals surface area contributed by atoms with Crippen LogP contribution in [0.15, 0.2) is 67.0 Å². The molecule has 1 aliphatic carbocycles. The predicted molar refractivity (Wildman–Crippen MR) is 119 cm³/mol. The van der Waals surface area contributed by atoms with Gasteiger partial charge in [-0.2, -0.15) is 0 Å². The lowest BCUT2D eigenvalue weighted by Gasteiger charge is -2.10. The SMILES string of the molecule is CCNc1nc(-c2ccccc2)cn2c(-c3ccc(C(=O)NC4CC4)cc3)cnc12. The quantitative estimate of drug-likeness (QED) is 0.506. The molecule has 4 aromatic rings. The Bertz CT molecular complexity index is 1190. The van der Waals surface area contributed by atoms with E-state index in [0.29, 0.717) is 11.6 Å². The number of hydrogen-bond donors (Lipinski definition) is 2. The van der Waals surface area contributed by atoms with Crippen LogP contribution in [-0.4, -0.2) is 32.9 Å². The Morgan fingerprint density at radius 1 is 1.07 bits per heavy atom. The molecule has 2 N–H and O–H groups in total. The molecule has 30 heavy (non-hydrogen) atoms. The smallest absolute Gasteiger partial charge is 0.251 e. The van der Waals surface area contributed by atoms with Crippen molar-refractivity contribution in [1.82, 2.24) is 19.7 Å². The number of carbonyl (C=O) groups excluding carboxylic acids is 1. The van der Waals surface area contributed by atoms with Crippen molar-refractivity contribution in [2.45, 2.75) is 25.8 Å². The van der Waals surface area contributed by atoms with Crippen LogP contribution >= 0.6 is 0 Å². The van der Waals surface area contributed by atoms with E-state index < -0.39 is 0 Å². The second-order valence-electron chi connectivity index (χ2n) is 7.53. The summed E-state index contributed by atoms with van der Waals surface area (Å²) in [5.41, 5.74) is 5.33. The Morgan fingerprint density at radius 2 is 1.83 bits per heavy atom. The highest BCUT2D eigenvalue weighted by Gasteiger charge is 2.23. The lowest BCUT2D eigenvalue weighted by Crippen LogP contribution is -2.25. The molecule has 0 radical (unpaired) electrons. The Hall–Kier alpha value is -3.67. The summed E-state index contributed by atoms with van der Waals surface area (Å²) < 4.78 is 2.06. The maximum absolute atomic E-state index is 12.3. The molecule has 6 heteroatoms. The first-order chi connectivity index (χ1) is 14.7. The van der Waals surface area contributed by atoms with Gasteiger partial charge in [0.15, 0.2) is 11.5 Å². The van der Waals surface area contributed by atoms with Gasteiger partial charge in [-0.25, -0.2) is 9.97 Å². The zero-order valence-corrected chi connectivity index (χ0v) is 16.8. The number of nitrogens with zero attached hydrogens (tertiary/aromatic N) is 3. The number of imidazole rings is 1. The average Bonchev–Trinajstić information content (AvgIpc) is 3.49. The molecule has 0 unspecified atom stereocenters. The highest BCUT2D eigenvalue weighted by molar-refractivity contribution is 5.95. The van der Waals surface area contributed by atoms with Gasteiger partial charge in [0.05, 0.1) is 17.6 Å². The fourth-order valence-electron chi connectivity index (χ4n) is 3.52. The van der Waals surface area contributed by atoms with Crippen molar-refractivity contribution in [3.63, 3.8) is 0 Å². The first-order valence-electron chi connectivity index (χ1n) is 10.3. The Morgan fingerprint density at radius 3 is 2.53 bits per heavy atom. The van der Waals surface area contributed by atoms with E-state index in [1.165, 1.54) is 0 Å². The van der Waals surface area contributed by atoms with Crippen molar-refractivity contribution >= 4 is 17.4 Å². The van der Waals surface area contributed by atoms with Gasteiger partial charge in [0.1, 0.15) is 0 Å². The van der Waals surface area contributed by atoms with Gasteiger partial charge in [-0.15, -0.1) is 0 Å². The third-order valence-corrected chi connectivity index (χ3v) is 5.26. The molecule has 2 aromatic heterocycles. The van der Waals surface area contributed by atoms with Crippen LogP contribution in [0.3, 0.4) is 0 Å². The van der Waals surface area contributed by atoms with Gasteiger partial charge < -0.3 is 10.6 Å². The normalized spacial score (nSPS) is 13.4. The number of aromatic nitrogens is 3. The molecule has 2 aromatic carbocycles. The molecule has 150 valence electrons. The van der Waals surface area contributed by atoms with Gasteiger partial charge in [0.2, 0.25) is 0 Å². The van der Waals surface area contributed by atoms with Crippen molar-refractivity contribution in [3.05, 3.63) is 72.6 Å². The van der Waals surface area contributed by atoms with Gasteiger partial charge in [-0.3, -0.25) is 9.20 Å². The topological polar surface area (TPSA) is 71.3 Å². The number of anilines is 1. The van der Waals surface area contributed by atoms with Gasteiger partial charge in [-0.05, 0) is 31.9 Å². The largest absolute Gasteiger partial charge is 0.367 e. The minimum Gasteiger partial charge on any atom is -0.367 e. The maximum Gasteiger partial charge on any atom is 0.251 e. The summed E-state index contributed by atoms with van der Waals surface area (Å²) in [6, 6.07) is 18.2. The molecular weight excluding hydrogens is 374 g/mol. The minimum atomic E-state index is -0.00723. The second-order valence-corrected chi connectivity index (χ2v) is 7.53. The number of hydrogen-bond acceptors (Lipinski definition) is 4. The van der Waals surface area contributed by atoms with Crippen molar-refractivity contribution in [3.8, 4) is 22.5 Å².